The number of hydrogen-bond donors (Lipinski definition) is 2. The van der Waals surface area contributed by atoms with Crippen molar-refractivity contribution in [2.45, 2.75) is 12.1 Å². The van der Waals surface area contributed by atoms with E-state index in [9.17, 15) is 0 Å². The van der Waals surface area contributed by atoms with Gasteiger partial charge in [-0.1, -0.05) is 6.07 Å². The van der Waals surface area contributed by atoms with E-state index in [1.807, 2.05) is 18.2 Å². The summed E-state index contributed by atoms with van der Waals surface area (Å²) in [4.78, 5) is 0. The van der Waals surface area contributed by atoms with Gasteiger partial charge in [0.1, 0.15) is 13.2 Å². The summed E-state index contributed by atoms with van der Waals surface area (Å²) in [6, 6.07) is 5.94. The van der Waals surface area contributed by atoms with Gasteiger partial charge in [-0.15, -0.1) is 0 Å². The fourth-order valence-corrected chi connectivity index (χ4v) is 2.32. The molecule has 5 nitrogen and oxygen atoms in total. The number of nitrogens with one attached hydrogen (secondary N) is 1. The molecule has 18 heavy (non-hydrogen) atoms. The van der Waals surface area contributed by atoms with Crippen molar-refractivity contribution in [3.63, 3.8) is 0 Å². The number of rotatable bonds is 2. The van der Waals surface area contributed by atoms with E-state index < -0.39 is 0 Å². The van der Waals surface area contributed by atoms with Crippen LogP contribution in [0.1, 0.15) is 11.6 Å². The molecule has 0 amide bonds. The molecule has 1 fully saturated rings. The van der Waals surface area contributed by atoms with Crippen LogP contribution in [0.5, 0.6) is 11.5 Å². The number of nitrogens with two attached hydrogens (primary N) is 1. The Kier molecular flexibility index (Phi) is 3.36. The number of morpholine rings is 1. The zero-order valence-electron chi connectivity index (χ0n) is 10.2. The van der Waals surface area contributed by atoms with Gasteiger partial charge in [-0.05, 0) is 17.7 Å². The van der Waals surface area contributed by atoms with Crippen molar-refractivity contribution in [2.24, 2.45) is 5.73 Å². The molecule has 98 valence electrons. The summed E-state index contributed by atoms with van der Waals surface area (Å²) in [6.45, 7) is 3.45. The molecular formula is C13H18N2O3. The third-order valence-electron chi connectivity index (χ3n) is 3.33. The van der Waals surface area contributed by atoms with Crippen molar-refractivity contribution >= 4 is 0 Å². The summed E-state index contributed by atoms with van der Waals surface area (Å²) >= 11 is 0. The first-order valence-corrected chi connectivity index (χ1v) is 6.31. The summed E-state index contributed by atoms with van der Waals surface area (Å²) in [7, 11) is 0. The minimum atomic E-state index is -0.0962. The molecule has 0 saturated carbocycles. The van der Waals surface area contributed by atoms with Gasteiger partial charge in [0.05, 0.1) is 13.2 Å². The maximum Gasteiger partial charge on any atom is 0.161 e. The Labute approximate surface area is 106 Å². The minimum absolute atomic E-state index is 0.0962. The van der Waals surface area contributed by atoms with Crippen LogP contribution in [0, 0.1) is 0 Å². The first-order chi connectivity index (χ1) is 8.84. The minimum Gasteiger partial charge on any atom is -0.486 e. The molecule has 3 rings (SSSR count). The van der Waals surface area contributed by atoms with E-state index >= 15 is 0 Å². The average Bonchev–Trinajstić information content (AvgIpc) is 2.47. The molecule has 1 aromatic rings. The van der Waals surface area contributed by atoms with E-state index in [0.717, 1.165) is 30.2 Å². The van der Waals surface area contributed by atoms with Gasteiger partial charge in [0.15, 0.2) is 11.5 Å². The molecule has 0 spiro atoms. The van der Waals surface area contributed by atoms with Crippen LogP contribution in [0.15, 0.2) is 18.2 Å². The lowest BCUT2D eigenvalue weighted by atomic mass is 9.99. The molecule has 1 saturated heterocycles. The molecule has 0 radical (unpaired) electrons. The second kappa shape index (κ2) is 5.14. The fraction of sp³-hybridized carbons (Fsp3) is 0.538. The Morgan fingerprint density at radius 1 is 1.17 bits per heavy atom. The van der Waals surface area contributed by atoms with E-state index in [0.29, 0.717) is 19.8 Å². The summed E-state index contributed by atoms with van der Waals surface area (Å²) < 4.78 is 16.5. The lowest BCUT2D eigenvalue weighted by molar-refractivity contribution is 0.0684. The van der Waals surface area contributed by atoms with Crippen LogP contribution in [-0.2, 0) is 4.74 Å². The first kappa shape index (κ1) is 11.8. The van der Waals surface area contributed by atoms with Crippen molar-refractivity contribution in [3.8, 4) is 11.5 Å². The van der Waals surface area contributed by atoms with E-state index in [1.54, 1.807) is 0 Å². The molecule has 2 heterocycles. The summed E-state index contributed by atoms with van der Waals surface area (Å²) in [5.74, 6) is 1.58. The zero-order valence-corrected chi connectivity index (χ0v) is 10.2. The Morgan fingerprint density at radius 3 is 2.78 bits per heavy atom. The highest BCUT2D eigenvalue weighted by molar-refractivity contribution is 5.44. The maximum atomic E-state index is 6.26. The summed E-state index contributed by atoms with van der Waals surface area (Å²) in [5, 5.41) is 3.38. The van der Waals surface area contributed by atoms with Crippen LogP contribution in [0.3, 0.4) is 0 Å². The van der Waals surface area contributed by atoms with Crippen LogP contribution in [0.25, 0.3) is 0 Å². The Balaban J connectivity index is 1.78. The molecule has 2 aliphatic heterocycles. The molecule has 0 aromatic heterocycles. The van der Waals surface area contributed by atoms with E-state index in [2.05, 4.69) is 5.32 Å². The van der Waals surface area contributed by atoms with E-state index in [4.69, 9.17) is 19.9 Å². The molecule has 0 aliphatic carbocycles. The molecule has 1 aromatic carbocycles. The van der Waals surface area contributed by atoms with Crippen molar-refractivity contribution in [1.29, 1.82) is 0 Å². The third-order valence-corrected chi connectivity index (χ3v) is 3.33. The van der Waals surface area contributed by atoms with Crippen molar-refractivity contribution < 1.29 is 14.2 Å². The van der Waals surface area contributed by atoms with Crippen LogP contribution < -0.4 is 20.5 Å². The van der Waals surface area contributed by atoms with Gasteiger partial charge in [-0.25, -0.2) is 0 Å². The highest BCUT2D eigenvalue weighted by Gasteiger charge is 2.23. The SMILES string of the molecule is NC(c1ccc2c(c1)OCCO2)C1COCCN1. The highest BCUT2D eigenvalue weighted by atomic mass is 16.6. The zero-order chi connectivity index (χ0) is 12.4. The third kappa shape index (κ3) is 2.29. The van der Waals surface area contributed by atoms with Gasteiger partial charge < -0.3 is 25.3 Å². The molecule has 2 aliphatic rings. The van der Waals surface area contributed by atoms with Gasteiger partial charge in [0.2, 0.25) is 0 Å². The lowest BCUT2D eigenvalue weighted by Crippen LogP contribution is -2.47. The number of ether oxygens (including phenoxy) is 3. The largest absolute Gasteiger partial charge is 0.486 e. The molecule has 2 atom stereocenters. The van der Waals surface area contributed by atoms with Crippen molar-refractivity contribution in [3.05, 3.63) is 23.8 Å². The predicted octanol–water partition coefficient (Wildman–Crippen LogP) is 0.446. The second-order valence-electron chi connectivity index (χ2n) is 4.56. The average molecular weight is 250 g/mol. The molecule has 0 bridgehead atoms. The van der Waals surface area contributed by atoms with Gasteiger partial charge in [0.25, 0.3) is 0 Å². The van der Waals surface area contributed by atoms with Crippen molar-refractivity contribution in [2.75, 3.05) is 33.0 Å². The monoisotopic (exact) mass is 250 g/mol. The van der Waals surface area contributed by atoms with Gasteiger partial charge in [-0.2, -0.15) is 0 Å². The van der Waals surface area contributed by atoms with Crippen LogP contribution >= 0.6 is 0 Å². The number of benzene rings is 1. The molecule has 2 unspecified atom stereocenters. The number of hydrogen-bond acceptors (Lipinski definition) is 5. The van der Waals surface area contributed by atoms with E-state index in [-0.39, 0.29) is 12.1 Å². The molecule has 5 heteroatoms. The predicted molar refractivity (Wildman–Crippen MR) is 67.0 cm³/mol. The fourth-order valence-electron chi connectivity index (χ4n) is 2.32. The highest BCUT2D eigenvalue weighted by Crippen LogP contribution is 2.32. The molecular weight excluding hydrogens is 232 g/mol. The Hall–Kier alpha value is -1.30. The smallest absolute Gasteiger partial charge is 0.161 e. The van der Waals surface area contributed by atoms with E-state index in [1.165, 1.54) is 0 Å². The lowest BCUT2D eigenvalue weighted by Gasteiger charge is -2.29. The summed E-state index contributed by atoms with van der Waals surface area (Å²) in [6.07, 6.45) is 0. The first-order valence-electron chi connectivity index (χ1n) is 6.31. The van der Waals surface area contributed by atoms with Gasteiger partial charge in [-0.3, -0.25) is 0 Å². The standard InChI is InChI=1S/C13H18N2O3/c14-13(10-8-16-4-3-15-10)9-1-2-11-12(7-9)18-6-5-17-11/h1-2,7,10,13,15H,3-6,8,14H2. The quantitative estimate of drug-likeness (QED) is 0.797. The number of fused-ring (bicyclic) bond motifs is 1. The topological polar surface area (TPSA) is 65.7 Å². The van der Waals surface area contributed by atoms with Crippen LogP contribution in [0.2, 0.25) is 0 Å². The maximum absolute atomic E-state index is 6.26. The normalized spacial score (nSPS) is 24.6. The van der Waals surface area contributed by atoms with Crippen LogP contribution in [0.4, 0.5) is 0 Å². The summed E-state index contributed by atoms with van der Waals surface area (Å²) in [5.41, 5.74) is 7.31. The van der Waals surface area contributed by atoms with Gasteiger partial charge >= 0.3 is 0 Å². The Morgan fingerprint density at radius 2 is 2.00 bits per heavy atom. The van der Waals surface area contributed by atoms with Crippen LogP contribution in [-0.4, -0.2) is 39.0 Å². The van der Waals surface area contributed by atoms with Gasteiger partial charge in [0, 0.05) is 18.6 Å². The molecule has 3 N–H and O–H groups in total. The van der Waals surface area contributed by atoms with Crippen molar-refractivity contribution in [1.82, 2.24) is 5.32 Å². The second-order valence-corrected chi connectivity index (χ2v) is 4.56. The Bertz CT molecular complexity index is 419.